The zero-order valence-corrected chi connectivity index (χ0v) is 9.14. The maximum absolute atomic E-state index is 11.5. The Kier molecular flexibility index (Phi) is 3.52. The molecule has 0 aromatic carbocycles. The van der Waals surface area contributed by atoms with Gasteiger partial charge < -0.3 is 10.1 Å². The van der Waals surface area contributed by atoms with Crippen LogP contribution < -0.4 is 10.6 Å². The Morgan fingerprint density at radius 3 is 3.06 bits per heavy atom. The molecular formula is C11H12N4O2. The van der Waals surface area contributed by atoms with E-state index in [0.29, 0.717) is 24.6 Å². The zero-order valence-electron chi connectivity index (χ0n) is 9.14. The SMILES string of the molecule is N#Cc1ccc(NC(=O)NC2CCOC2)nc1. The highest BCUT2D eigenvalue weighted by Gasteiger charge is 2.17. The number of pyridine rings is 1. The van der Waals surface area contributed by atoms with Gasteiger partial charge in [0.1, 0.15) is 11.9 Å². The molecule has 2 rings (SSSR count). The normalized spacial score (nSPS) is 18.4. The minimum absolute atomic E-state index is 0.0633. The van der Waals surface area contributed by atoms with Crippen molar-refractivity contribution >= 4 is 11.8 Å². The Labute approximate surface area is 98.6 Å². The number of nitrogens with zero attached hydrogens (tertiary/aromatic N) is 2. The largest absolute Gasteiger partial charge is 0.379 e. The molecule has 1 aliphatic heterocycles. The van der Waals surface area contributed by atoms with Crippen LogP contribution in [0, 0.1) is 11.3 Å². The fraction of sp³-hybridized carbons (Fsp3) is 0.364. The zero-order chi connectivity index (χ0) is 12.1. The van der Waals surface area contributed by atoms with Crippen LogP contribution >= 0.6 is 0 Å². The Bertz CT molecular complexity index is 432. The van der Waals surface area contributed by atoms with Gasteiger partial charge in [0.25, 0.3) is 0 Å². The van der Waals surface area contributed by atoms with E-state index in [1.165, 1.54) is 6.20 Å². The molecule has 0 saturated carbocycles. The summed E-state index contributed by atoms with van der Waals surface area (Å²) >= 11 is 0. The van der Waals surface area contributed by atoms with Crippen molar-refractivity contribution in [2.24, 2.45) is 0 Å². The van der Waals surface area contributed by atoms with Crippen LogP contribution in [0.5, 0.6) is 0 Å². The van der Waals surface area contributed by atoms with Crippen molar-refractivity contribution in [3.05, 3.63) is 23.9 Å². The molecule has 1 unspecified atom stereocenters. The van der Waals surface area contributed by atoms with E-state index in [4.69, 9.17) is 10.00 Å². The Hall–Kier alpha value is -2.13. The van der Waals surface area contributed by atoms with Crippen LogP contribution in [0.4, 0.5) is 10.6 Å². The van der Waals surface area contributed by atoms with Crippen molar-refractivity contribution in [3.63, 3.8) is 0 Å². The third kappa shape index (κ3) is 3.16. The number of ether oxygens (including phenoxy) is 1. The van der Waals surface area contributed by atoms with Gasteiger partial charge in [-0.3, -0.25) is 5.32 Å². The topological polar surface area (TPSA) is 87.0 Å². The van der Waals surface area contributed by atoms with Crippen molar-refractivity contribution in [1.82, 2.24) is 10.3 Å². The summed E-state index contributed by atoms with van der Waals surface area (Å²) in [4.78, 5) is 15.5. The number of rotatable bonds is 2. The molecule has 1 fully saturated rings. The molecular weight excluding hydrogens is 220 g/mol. The van der Waals surface area contributed by atoms with E-state index in [-0.39, 0.29) is 12.1 Å². The molecule has 17 heavy (non-hydrogen) atoms. The first-order chi connectivity index (χ1) is 8.28. The van der Waals surface area contributed by atoms with Crippen molar-refractivity contribution < 1.29 is 9.53 Å². The van der Waals surface area contributed by atoms with Crippen LogP contribution in [-0.4, -0.2) is 30.3 Å². The number of urea groups is 1. The minimum Gasteiger partial charge on any atom is -0.379 e. The summed E-state index contributed by atoms with van der Waals surface area (Å²) in [5.74, 6) is 0.417. The second-order valence-corrected chi connectivity index (χ2v) is 3.70. The van der Waals surface area contributed by atoms with E-state index in [1.54, 1.807) is 12.1 Å². The lowest BCUT2D eigenvalue weighted by Gasteiger charge is -2.11. The summed E-state index contributed by atoms with van der Waals surface area (Å²) in [6, 6.07) is 4.90. The number of amides is 2. The lowest BCUT2D eigenvalue weighted by Crippen LogP contribution is -2.38. The van der Waals surface area contributed by atoms with Gasteiger partial charge in [-0.05, 0) is 18.6 Å². The van der Waals surface area contributed by atoms with Crippen molar-refractivity contribution in [3.8, 4) is 6.07 Å². The summed E-state index contributed by atoms with van der Waals surface area (Å²) in [6.45, 7) is 1.23. The summed E-state index contributed by atoms with van der Waals surface area (Å²) < 4.78 is 5.14. The first kappa shape index (κ1) is 11.4. The van der Waals surface area contributed by atoms with Crippen LogP contribution in [0.1, 0.15) is 12.0 Å². The molecule has 0 bridgehead atoms. The maximum Gasteiger partial charge on any atom is 0.320 e. The van der Waals surface area contributed by atoms with Crippen LogP contribution in [0.2, 0.25) is 0 Å². The molecule has 2 amide bonds. The van der Waals surface area contributed by atoms with Gasteiger partial charge in [0, 0.05) is 12.8 Å². The molecule has 1 aromatic heterocycles. The highest BCUT2D eigenvalue weighted by atomic mass is 16.5. The van der Waals surface area contributed by atoms with Crippen molar-refractivity contribution in [2.45, 2.75) is 12.5 Å². The number of nitriles is 1. The summed E-state index contributed by atoms with van der Waals surface area (Å²) in [5, 5.41) is 14.0. The molecule has 88 valence electrons. The smallest absolute Gasteiger partial charge is 0.320 e. The summed E-state index contributed by atoms with van der Waals surface area (Å²) in [6.07, 6.45) is 2.24. The molecule has 0 radical (unpaired) electrons. The number of hydrogen-bond donors (Lipinski definition) is 2. The monoisotopic (exact) mass is 232 g/mol. The average Bonchev–Trinajstić information content (AvgIpc) is 2.82. The highest BCUT2D eigenvalue weighted by Crippen LogP contribution is 2.06. The number of aromatic nitrogens is 1. The van der Waals surface area contributed by atoms with Gasteiger partial charge in [-0.1, -0.05) is 0 Å². The first-order valence-corrected chi connectivity index (χ1v) is 5.29. The van der Waals surface area contributed by atoms with E-state index in [9.17, 15) is 4.79 Å². The average molecular weight is 232 g/mol. The highest BCUT2D eigenvalue weighted by molar-refractivity contribution is 5.88. The fourth-order valence-corrected chi connectivity index (χ4v) is 1.52. The van der Waals surface area contributed by atoms with Crippen LogP contribution in [0.15, 0.2) is 18.3 Å². The van der Waals surface area contributed by atoms with Crippen LogP contribution in [0.25, 0.3) is 0 Å². The van der Waals surface area contributed by atoms with Crippen LogP contribution in [0.3, 0.4) is 0 Å². The number of carbonyl (C=O) groups is 1. The van der Waals surface area contributed by atoms with E-state index < -0.39 is 0 Å². The quantitative estimate of drug-likeness (QED) is 0.791. The van der Waals surface area contributed by atoms with Gasteiger partial charge in [0.15, 0.2) is 0 Å². The Balaban J connectivity index is 1.86. The van der Waals surface area contributed by atoms with E-state index in [0.717, 1.165) is 6.42 Å². The molecule has 6 nitrogen and oxygen atoms in total. The second-order valence-electron chi connectivity index (χ2n) is 3.70. The molecule has 1 aliphatic rings. The standard InChI is InChI=1S/C11H12N4O2/c12-5-8-1-2-10(13-6-8)15-11(16)14-9-3-4-17-7-9/h1-2,6,9H,3-4,7H2,(H2,13,14,15,16). The fourth-order valence-electron chi connectivity index (χ4n) is 1.52. The lowest BCUT2D eigenvalue weighted by atomic mass is 10.3. The third-order valence-corrected chi connectivity index (χ3v) is 2.40. The number of carbonyl (C=O) groups excluding carboxylic acids is 1. The molecule has 2 N–H and O–H groups in total. The van der Waals surface area contributed by atoms with E-state index in [1.807, 2.05) is 6.07 Å². The Morgan fingerprint density at radius 2 is 2.47 bits per heavy atom. The van der Waals surface area contributed by atoms with Gasteiger partial charge >= 0.3 is 6.03 Å². The third-order valence-electron chi connectivity index (χ3n) is 2.40. The van der Waals surface area contributed by atoms with Gasteiger partial charge in [-0.25, -0.2) is 9.78 Å². The summed E-state index contributed by atoms with van der Waals surface area (Å²) in [5.41, 5.74) is 0.458. The number of hydrogen-bond acceptors (Lipinski definition) is 4. The second kappa shape index (κ2) is 5.27. The van der Waals surface area contributed by atoms with Crippen molar-refractivity contribution in [1.29, 1.82) is 5.26 Å². The van der Waals surface area contributed by atoms with Gasteiger partial charge in [0.2, 0.25) is 0 Å². The summed E-state index contributed by atoms with van der Waals surface area (Å²) in [7, 11) is 0. The van der Waals surface area contributed by atoms with Gasteiger partial charge in [0.05, 0.1) is 18.2 Å². The van der Waals surface area contributed by atoms with Gasteiger partial charge in [-0.2, -0.15) is 5.26 Å². The van der Waals surface area contributed by atoms with Crippen molar-refractivity contribution in [2.75, 3.05) is 18.5 Å². The van der Waals surface area contributed by atoms with E-state index in [2.05, 4.69) is 15.6 Å². The maximum atomic E-state index is 11.5. The lowest BCUT2D eigenvalue weighted by molar-refractivity contribution is 0.189. The number of nitrogens with one attached hydrogen (secondary N) is 2. The number of anilines is 1. The molecule has 1 atom stereocenters. The molecule has 1 saturated heterocycles. The van der Waals surface area contributed by atoms with Crippen LogP contribution in [-0.2, 0) is 4.74 Å². The van der Waals surface area contributed by atoms with E-state index >= 15 is 0 Å². The minimum atomic E-state index is -0.308. The van der Waals surface area contributed by atoms with Gasteiger partial charge in [-0.15, -0.1) is 0 Å². The molecule has 1 aromatic rings. The molecule has 0 aliphatic carbocycles. The predicted octanol–water partition coefficient (Wildman–Crippen LogP) is 0.864. The first-order valence-electron chi connectivity index (χ1n) is 5.29. The molecule has 0 spiro atoms. The Morgan fingerprint density at radius 1 is 1.59 bits per heavy atom. The predicted molar refractivity (Wildman–Crippen MR) is 60.3 cm³/mol. The molecule has 2 heterocycles. The molecule has 6 heteroatoms.